The fraction of sp³-hybridized carbons (Fsp3) is 0.0952. The number of benzene rings is 2. The molecule has 1 unspecified atom stereocenters. The van der Waals surface area contributed by atoms with Crippen LogP contribution in [-0.4, -0.2) is 20.9 Å². The van der Waals surface area contributed by atoms with Crippen molar-refractivity contribution < 1.29 is 9.90 Å². The summed E-state index contributed by atoms with van der Waals surface area (Å²) in [4.78, 5) is 21.1. The minimum absolute atomic E-state index is 0.00707. The highest BCUT2D eigenvalue weighted by atomic mass is 35.5. The topological polar surface area (TPSA) is 87.1 Å². The second kappa shape index (κ2) is 8.93. The zero-order valence-electron chi connectivity index (χ0n) is 15.8. The number of rotatable bonds is 7. The summed E-state index contributed by atoms with van der Waals surface area (Å²) in [6, 6.07) is 16.5. The van der Waals surface area contributed by atoms with Crippen LogP contribution in [0.3, 0.4) is 0 Å². The Kier molecular flexibility index (Phi) is 6.10. The van der Waals surface area contributed by atoms with E-state index in [4.69, 9.17) is 11.6 Å². The van der Waals surface area contributed by atoms with E-state index in [-0.39, 0.29) is 5.78 Å². The highest BCUT2D eigenvalue weighted by Gasteiger charge is 2.17. The van der Waals surface area contributed by atoms with Gasteiger partial charge in [-0.15, -0.1) is 11.3 Å². The molecule has 0 saturated heterocycles. The summed E-state index contributed by atoms with van der Waals surface area (Å²) in [6.07, 6.45) is -0.887. The number of nitrogens with zero attached hydrogens (tertiary/aromatic N) is 2. The molecule has 2 aromatic heterocycles. The molecule has 2 aromatic carbocycles. The van der Waals surface area contributed by atoms with E-state index in [1.165, 1.54) is 29.6 Å². The van der Waals surface area contributed by atoms with Crippen molar-refractivity contribution in [1.82, 2.24) is 9.97 Å². The molecule has 9 heteroatoms. The summed E-state index contributed by atoms with van der Waals surface area (Å²) < 4.78 is 0. The van der Waals surface area contributed by atoms with Crippen LogP contribution >= 0.6 is 34.3 Å². The largest absolute Gasteiger partial charge is 0.369 e. The number of hydrogen-bond acceptors (Lipinski definition) is 8. The predicted molar refractivity (Wildman–Crippen MR) is 123 cm³/mol. The Balaban J connectivity index is 1.50. The Hall–Kier alpha value is -2.78. The summed E-state index contributed by atoms with van der Waals surface area (Å²) in [6.45, 7) is 1.53. The van der Waals surface area contributed by atoms with Gasteiger partial charge in [-0.1, -0.05) is 65.4 Å². The fourth-order valence-corrected chi connectivity index (χ4v) is 4.71. The van der Waals surface area contributed by atoms with E-state index in [1.807, 2.05) is 47.8 Å². The molecule has 0 radical (unpaired) electrons. The molecule has 30 heavy (non-hydrogen) atoms. The van der Waals surface area contributed by atoms with Gasteiger partial charge in [0.05, 0.1) is 10.6 Å². The number of thiazole rings is 2. The van der Waals surface area contributed by atoms with Crippen LogP contribution in [0.2, 0.25) is 5.15 Å². The number of aliphatic hydroxyl groups excluding tert-OH is 1. The average Bonchev–Trinajstić information content (AvgIpc) is 3.35. The zero-order chi connectivity index (χ0) is 21.1. The van der Waals surface area contributed by atoms with Crippen molar-refractivity contribution in [2.24, 2.45) is 0 Å². The minimum Gasteiger partial charge on any atom is -0.369 e. The van der Waals surface area contributed by atoms with Crippen molar-refractivity contribution in [3.63, 3.8) is 0 Å². The van der Waals surface area contributed by atoms with Gasteiger partial charge < -0.3 is 15.7 Å². The van der Waals surface area contributed by atoms with Crippen molar-refractivity contribution in [3.05, 3.63) is 76.3 Å². The van der Waals surface area contributed by atoms with Gasteiger partial charge in [-0.3, -0.25) is 4.79 Å². The summed E-state index contributed by atoms with van der Waals surface area (Å²) in [7, 11) is 0. The van der Waals surface area contributed by atoms with Crippen LogP contribution in [0.4, 0.5) is 16.0 Å². The number of nitrogens with one attached hydrogen (secondary N) is 2. The molecule has 0 saturated carbocycles. The van der Waals surface area contributed by atoms with E-state index in [0.717, 1.165) is 11.3 Å². The van der Waals surface area contributed by atoms with Crippen LogP contribution in [-0.2, 0) is 0 Å². The van der Waals surface area contributed by atoms with Gasteiger partial charge in [0.2, 0.25) is 0 Å². The smallest absolute Gasteiger partial charge is 0.187 e. The number of hydrogen-bond donors (Lipinski definition) is 3. The third-order valence-corrected chi connectivity index (χ3v) is 6.37. The Morgan fingerprint density at radius 3 is 2.67 bits per heavy atom. The SMILES string of the molecule is CC(=O)c1cccc(Nc2nc(-c3sc(NC(O)c4ccccc4)nc3Cl)cs2)c1. The average molecular weight is 457 g/mol. The molecule has 3 N–H and O–H groups in total. The van der Waals surface area contributed by atoms with E-state index >= 15 is 0 Å². The molecule has 6 nitrogen and oxygen atoms in total. The number of aliphatic hydroxyl groups is 1. The lowest BCUT2D eigenvalue weighted by atomic mass is 10.1. The standard InChI is InChI=1S/C21H17ClN4O2S2/c1-12(27)14-8-5-9-15(10-14)23-20-24-16(11-29-20)17-18(22)25-21(30-17)26-19(28)13-6-3-2-4-7-13/h2-11,19,28H,1H3,(H,23,24)(H,25,26). The Morgan fingerprint density at radius 1 is 1.10 bits per heavy atom. The fourth-order valence-electron chi connectivity index (χ4n) is 2.73. The number of Topliss-reactive ketones (excluding diaryl/α,β-unsaturated/α-hetero) is 1. The lowest BCUT2D eigenvalue weighted by Gasteiger charge is -2.11. The second-order valence-electron chi connectivity index (χ2n) is 6.40. The first kappa shape index (κ1) is 20.5. The number of ketones is 1. The molecule has 2 heterocycles. The summed E-state index contributed by atoms with van der Waals surface area (Å²) in [5, 5.41) is 19.9. The second-order valence-corrected chi connectivity index (χ2v) is 8.61. The number of aromatic nitrogens is 2. The third-order valence-electron chi connectivity index (χ3n) is 4.22. The number of carbonyl (C=O) groups excluding carboxylic acids is 1. The maximum atomic E-state index is 11.6. The van der Waals surface area contributed by atoms with Crippen molar-refractivity contribution in [2.75, 3.05) is 10.6 Å². The quantitative estimate of drug-likeness (QED) is 0.234. The van der Waals surface area contributed by atoms with Gasteiger partial charge in [0.25, 0.3) is 0 Å². The highest BCUT2D eigenvalue weighted by Crippen LogP contribution is 2.38. The summed E-state index contributed by atoms with van der Waals surface area (Å²) in [5.74, 6) is 0.00707. The monoisotopic (exact) mass is 456 g/mol. The van der Waals surface area contributed by atoms with Crippen LogP contribution in [0.15, 0.2) is 60.0 Å². The first-order chi connectivity index (χ1) is 14.5. The Morgan fingerprint density at radius 2 is 1.90 bits per heavy atom. The molecule has 0 aliphatic heterocycles. The lowest BCUT2D eigenvalue weighted by Crippen LogP contribution is -2.08. The maximum absolute atomic E-state index is 11.6. The van der Waals surface area contributed by atoms with Crippen molar-refractivity contribution in [2.45, 2.75) is 13.2 Å². The minimum atomic E-state index is -0.887. The Bertz CT molecular complexity index is 1180. The lowest BCUT2D eigenvalue weighted by molar-refractivity contribution is 0.101. The van der Waals surface area contributed by atoms with Gasteiger partial charge in [0.15, 0.2) is 27.4 Å². The van der Waals surface area contributed by atoms with Crippen LogP contribution < -0.4 is 10.6 Å². The van der Waals surface area contributed by atoms with Gasteiger partial charge in [-0.2, -0.15) is 0 Å². The van der Waals surface area contributed by atoms with Gasteiger partial charge in [-0.25, -0.2) is 9.97 Å². The van der Waals surface area contributed by atoms with E-state index in [9.17, 15) is 9.90 Å². The van der Waals surface area contributed by atoms with Gasteiger partial charge in [0.1, 0.15) is 0 Å². The van der Waals surface area contributed by atoms with Gasteiger partial charge >= 0.3 is 0 Å². The molecule has 1 atom stereocenters. The Labute approximate surface area is 186 Å². The van der Waals surface area contributed by atoms with Crippen LogP contribution in [0.25, 0.3) is 10.6 Å². The molecule has 0 fully saturated rings. The molecule has 4 rings (SSSR count). The predicted octanol–water partition coefficient (Wildman–Crippen LogP) is 5.97. The van der Waals surface area contributed by atoms with Crippen molar-refractivity contribution in [3.8, 4) is 10.6 Å². The molecule has 152 valence electrons. The van der Waals surface area contributed by atoms with Crippen LogP contribution in [0, 0.1) is 0 Å². The third kappa shape index (κ3) is 4.68. The zero-order valence-corrected chi connectivity index (χ0v) is 18.2. The number of carbonyl (C=O) groups is 1. The number of halogens is 1. The molecule has 0 amide bonds. The summed E-state index contributed by atoms with van der Waals surface area (Å²) in [5.41, 5.74) is 2.84. The first-order valence-electron chi connectivity index (χ1n) is 8.99. The molecule has 0 spiro atoms. The molecule has 0 aliphatic rings. The normalized spacial score (nSPS) is 11.8. The van der Waals surface area contributed by atoms with Crippen LogP contribution in [0.1, 0.15) is 29.1 Å². The molecule has 0 aliphatic carbocycles. The molecular formula is C21H17ClN4O2S2. The molecule has 0 bridgehead atoms. The summed E-state index contributed by atoms with van der Waals surface area (Å²) >= 11 is 9.06. The molecular weight excluding hydrogens is 440 g/mol. The van der Waals surface area contributed by atoms with Crippen molar-refractivity contribution in [1.29, 1.82) is 0 Å². The van der Waals surface area contributed by atoms with Crippen molar-refractivity contribution >= 4 is 56.0 Å². The maximum Gasteiger partial charge on any atom is 0.187 e. The van der Waals surface area contributed by atoms with E-state index in [0.29, 0.717) is 31.6 Å². The van der Waals surface area contributed by atoms with E-state index in [1.54, 1.807) is 12.1 Å². The van der Waals surface area contributed by atoms with Crippen LogP contribution in [0.5, 0.6) is 0 Å². The van der Waals surface area contributed by atoms with E-state index < -0.39 is 6.23 Å². The van der Waals surface area contributed by atoms with Gasteiger partial charge in [-0.05, 0) is 19.1 Å². The van der Waals surface area contributed by atoms with E-state index in [2.05, 4.69) is 20.6 Å². The van der Waals surface area contributed by atoms with Gasteiger partial charge in [0, 0.05) is 22.2 Å². The first-order valence-corrected chi connectivity index (χ1v) is 11.1. The number of anilines is 3. The molecule has 4 aromatic rings. The highest BCUT2D eigenvalue weighted by molar-refractivity contribution is 7.20.